The van der Waals surface area contributed by atoms with Crippen LogP contribution in [0.15, 0.2) is 91.0 Å². The molecule has 0 fully saturated rings. The van der Waals surface area contributed by atoms with Crippen molar-refractivity contribution in [3.8, 4) is 0 Å². The first kappa shape index (κ1) is 31.5. The smallest absolute Gasteiger partial charge is 0.338 e. The normalized spacial score (nSPS) is 11.9. The number of non-ortho nitro benzene ring substituents is 2. The van der Waals surface area contributed by atoms with Gasteiger partial charge in [-0.3, -0.25) is 39.4 Å². The van der Waals surface area contributed by atoms with Gasteiger partial charge >= 0.3 is 11.9 Å². The van der Waals surface area contributed by atoms with E-state index in [-0.39, 0.29) is 50.4 Å². The Kier molecular flexibility index (Phi) is 8.71. The van der Waals surface area contributed by atoms with Crippen LogP contribution < -0.4 is 4.90 Å². The third-order valence-electron chi connectivity index (χ3n) is 6.93. The highest BCUT2D eigenvalue weighted by Crippen LogP contribution is 2.30. The molecular formula is C32H19N3O12. The zero-order valence-electron chi connectivity index (χ0n) is 23.8. The summed E-state index contributed by atoms with van der Waals surface area (Å²) in [4.78, 5) is 97.6. The van der Waals surface area contributed by atoms with Gasteiger partial charge in [-0.2, -0.15) is 0 Å². The molecule has 47 heavy (non-hydrogen) atoms. The van der Waals surface area contributed by atoms with Crippen LogP contribution in [0.5, 0.6) is 0 Å². The van der Waals surface area contributed by atoms with E-state index in [1.807, 2.05) is 0 Å². The number of imide groups is 1. The summed E-state index contributed by atoms with van der Waals surface area (Å²) in [6, 6.07) is 18.4. The van der Waals surface area contributed by atoms with Crippen LogP contribution >= 0.6 is 0 Å². The molecule has 15 nitrogen and oxygen atoms in total. The van der Waals surface area contributed by atoms with Crippen molar-refractivity contribution in [2.75, 3.05) is 18.1 Å². The minimum atomic E-state index is -0.963. The van der Waals surface area contributed by atoms with Crippen LogP contribution in [-0.4, -0.2) is 58.4 Å². The summed E-state index contributed by atoms with van der Waals surface area (Å²) in [5, 5.41) is 21.6. The number of benzene rings is 4. The van der Waals surface area contributed by atoms with Crippen molar-refractivity contribution in [2.45, 2.75) is 0 Å². The lowest BCUT2D eigenvalue weighted by Gasteiger charge is -2.14. The number of ketones is 2. The number of amides is 2. The Morgan fingerprint density at radius 2 is 1.02 bits per heavy atom. The molecule has 0 N–H and O–H groups in total. The topological polar surface area (TPSA) is 210 Å². The summed E-state index contributed by atoms with van der Waals surface area (Å²) in [6.45, 7) is -1.36. The number of hydrogen-bond acceptors (Lipinski definition) is 12. The van der Waals surface area contributed by atoms with Gasteiger partial charge in [-0.25, -0.2) is 14.5 Å². The number of Topliss-reactive ketones (excluding diaryl/α,β-unsaturated/α-hetero) is 2. The maximum Gasteiger partial charge on any atom is 0.338 e. The maximum absolute atomic E-state index is 13.3. The number of nitrogens with zero attached hydrogens (tertiary/aromatic N) is 3. The van der Waals surface area contributed by atoms with Gasteiger partial charge < -0.3 is 9.47 Å². The van der Waals surface area contributed by atoms with E-state index >= 15 is 0 Å². The number of anilines is 1. The molecule has 15 heteroatoms. The van der Waals surface area contributed by atoms with Crippen molar-refractivity contribution >= 4 is 52.4 Å². The van der Waals surface area contributed by atoms with E-state index in [2.05, 4.69) is 0 Å². The SMILES string of the molecule is O=C(COC(=O)c1cccc(N2C(=O)c3ccc(C(=O)OCC(=O)c4ccc([N+](=O)[O-])cc4)cc3C2=O)c1)c1ccc([N+](=O)[O-])cc1. The lowest BCUT2D eigenvalue weighted by atomic mass is 10.1. The highest BCUT2D eigenvalue weighted by molar-refractivity contribution is 6.34. The van der Waals surface area contributed by atoms with E-state index in [0.29, 0.717) is 0 Å². The summed E-state index contributed by atoms with van der Waals surface area (Å²) in [6.07, 6.45) is 0. The predicted molar refractivity (Wildman–Crippen MR) is 159 cm³/mol. The van der Waals surface area contributed by atoms with Crippen LogP contribution in [-0.2, 0) is 9.47 Å². The molecule has 5 rings (SSSR count). The molecular weight excluding hydrogens is 618 g/mol. The first-order chi connectivity index (χ1) is 22.4. The number of fused-ring (bicyclic) bond motifs is 1. The molecule has 0 radical (unpaired) electrons. The Morgan fingerprint density at radius 3 is 1.51 bits per heavy atom. The van der Waals surface area contributed by atoms with Crippen molar-refractivity contribution < 1.29 is 48.1 Å². The monoisotopic (exact) mass is 637 g/mol. The van der Waals surface area contributed by atoms with Gasteiger partial charge in [0.1, 0.15) is 0 Å². The first-order valence-corrected chi connectivity index (χ1v) is 13.5. The van der Waals surface area contributed by atoms with Crippen molar-refractivity contribution in [1.82, 2.24) is 0 Å². The van der Waals surface area contributed by atoms with E-state index in [0.717, 1.165) is 35.2 Å². The van der Waals surface area contributed by atoms with Crippen LogP contribution in [0.3, 0.4) is 0 Å². The molecule has 0 saturated heterocycles. The number of nitro groups is 2. The highest BCUT2D eigenvalue weighted by Gasteiger charge is 2.37. The molecule has 0 bridgehead atoms. The zero-order chi connectivity index (χ0) is 33.8. The number of nitro benzene ring substituents is 2. The summed E-state index contributed by atoms with van der Waals surface area (Å²) >= 11 is 0. The predicted octanol–water partition coefficient (Wildman–Crippen LogP) is 4.38. The van der Waals surface area contributed by atoms with E-state index in [1.165, 1.54) is 60.7 Å². The van der Waals surface area contributed by atoms with Crippen LogP contribution in [0, 0.1) is 20.2 Å². The average molecular weight is 638 g/mol. The molecule has 0 saturated carbocycles. The molecule has 1 aliphatic heterocycles. The molecule has 1 aliphatic rings. The van der Waals surface area contributed by atoms with Gasteiger partial charge in [0.25, 0.3) is 23.2 Å². The summed E-state index contributed by atoms with van der Waals surface area (Å²) < 4.78 is 10.1. The molecule has 2 amide bonds. The molecule has 0 aromatic heterocycles. The summed E-state index contributed by atoms with van der Waals surface area (Å²) in [7, 11) is 0. The minimum absolute atomic E-state index is 0.00478. The van der Waals surface area contributed by atoms with E-state index in [4.69, 9.17) is 9.47 Å². The van der Waals surface area contributed by atoms with Crippen LogP contribution in [0.1, 0.15) is 62.1 Å². The Hall–Kier alpha value is -6.90. The maximum atomic E-state index is 13.3. The molecule has 0 unspecified atom stereocenters. The number of ether oxygens (including phenoxy) is 2. The van der Waals surface area contributed by atoms with Gasteiger partial charge in [-0.05, 0) is 60.7 Å². The molecule has 4 aromatic carbocycles. The van der Waals surface area contributed by atoms with Crippen LogP contribution in [0.2, 0.25) is 0 Å². The number of rotatable bonds is 11. The van der Waals surface area contributed by atoms with Crippen molar-refractivity contribution in [1.29, 1.82) is 0 Å². The average Bonchev–Trinajstić information content (AvgIpc) is 3.34. The van der Waals surface area contributed by atoms with Gasteiger partial charge in [0.2, 0.25) is 0 Å². The minimum Gasteiger partial charge on any atom is -0.454 e. The first-order valence-electron chi connectivity index (χ1n) is 13.5. The van der Waals surface area contributed by atoms with Crippen LogP contribution in [0.4, 0.5) is 17.1 Å². The number of carbonyl (C=O) groups is 6. The van der Waals surface area contributed by atoms with Gasteiger partial charge in [0.05, 0.1) is 37.8 Å². The Morgan fingerprint density at radius 1 is 0.574 bits per heavy atom. The van der Waals surface area contributed by atoms with Crippen molar-refractivity contribution in [3.63, 3.8) is 0 Å². The number of hydrogen-bond donors (Lipinski definition) is 0. The number of carbonyl (C=O) groups excluding carboxylic acids is 6. The van der Waals surface area contributed by atoms with E-state index in [1.54, 1.807) is 0 Å². The largest absolute Gasteiger partial charge is 0.454 e. The highest BCUT2D eigenvalue weighted by atomic mass is 16.6. The quantitative estimate of drug-likeness (QED) is 0.0737. The lowest BCUT2D eigenvalue weighted by molar-refractivity contribution is -0.385. The van der Waals surface area contributed by atoms with Gasteiger partial charge in [0.15, 0.2) is 24.8 Å². The fourth-order valence-electron chi connectivity index (χ4n) is 4.51. The standard InChI is InChI=1S/C32H19N3O12/c36-27(18-4-9-22(10-5-18)34(42)43)16-46-31(40)20-2-1-3-24(14-20)33-29(38)25-13-8-21(15-26(25)30(33)39)32(41)47-17-28(37)19-6-11-23(12-7-19)35(44)45/h1-15H,16-17H2. The van der Waals surface area contributed by atoms with Gasteiger partial charge in [-0.15, -0.1) is 0 Å². The van der Waals surface area contributed by atoms with Gasteiger partial charge in [0, 0.05) is 35.4 Å². The Bertz CT molecular complexity index is 2000. The van der Waals surface area contributed by atoms with Gasteiger partial charge in [-0.1, -0.05) is 6.07 Å². The second-order valence-electron chi connectivity index (χ2n) is 9.86. The fourth-order valence-corrected chi connectivity index (χ4v) is 4.51. The Labute approximate surface area is 263 Å². The molecule has 0 spiro atoms. The molecule has 0 atom stereocenters. The molecule has 1 heterocycles. The summed E-state index contributed by atoms with van der Waals surface area (Å²) in [5.74, 6) is -4.69. The van der Waals surface area contributed by atoms with Crippen molar-refractivity contribution in [2.24, 2.45) is 0 Å². The molecule has 234 valence electrons. The second-order valence-corrected chi connectivity index (χ2v) is 9.86. The lowest BCUT2D eigenvalue weighted by Crippen LogP contribution is -2.29. The second kappa shape index (κ2) is 13.0. The van der Waals surface area contributed by atoms with E-state index in [9.17, 15) is 49.0 Å². The fraction of sp³-hybridized carbons (Fsp3) is 0.0625. The molecule has 4 aromatic rings. The summed E-state index contributed by atoms with van der Waals surface area (Å²) in [5.41, 5.74) is -0.639. The Balaban J connectivity index is 1.23. The van der Waals surface area contributed by atoms with Crippen molar-refractivity contribution in [3.05, 3.63) is 145 Å². The molecule has 0 aliphatic carbocycles. The number of esters is 2. The van der Waals surface area contributed by atoms with Crippen LogP contribution in [0.25, 0.3) is 0 Å². The third-order valence-corrected chi connectivity index (χ3v) is 6.93. The third kappa shape index (κ3) is 6.63. The zero-order valence-corrected chi connectivity index (χ0v) is 23.8. The van der Waals surface area contributed by atoms with E-state index < -0.39 is 58.4 Å².